The molecule has 2 aliphatic heterocycles. The topological polar surface area (TPSA) is 64.2 Å². The summed E-state index contributed by atoms with van der Waals surface area (Å²) in [5.41, 5.74) is 0.878. The fraction of sp³-hybridized carbons (Fsp3) is 0.480. The van der Waals surface area contributed by atoms with Gasteiger partial charge in [0, 0.05) is 57.6 Å². The highest BCUT2D eigenvalue weighted by atomic mass is 16.2. The Morgan fingerprint density at radius 1 is 0.969 bits per heavy atom. The molecule has 4 rings (SSSR count). The maximum absolute atomic E-state index is 13.2. The van der Waals surface area contributed by atoms with Crippen LogP contribution in [0.25, 0.3) is 10.8 Å². The van der Waals surface area contributed by atoms with Gasteiger partial charge in [-0.3, -0.25) is 19.3 Å². The molecule has 1 atom stereocenters. The minimum atomic E-state index is -0.315. The zero-order valence-electron chi connectivity index (χ0n) is 19.0. The molecule has 0 aliphatic carbocycles. The molecule has 7 heteroatoms. The van der Waals surface area contributed by atoms with Crippen LogP contribution < -0.4 is 4.90 Å². The van der Waals surface area contributed by atoms with Gasteiger partial charge < -0.3 is 14.7 Å². The lowest BCUT2D eigenvalue weighted by atomic mass is 10.1. The summed E-state index contributed by atoms with van der Waals surface area (Å²) in [6.07, 6.45) is 0.253. The normalized spacial score (nSPS) is 19.6. The Bertz CT molecular complexity index is 990. The number of nitrogens with zero attached hydrogens (tertiary/aromatic N) is 4. The number of anilines is 1. The van der Waals surface area contributed by atoms with Gasteiger partial charge in [0.15, 0.2) is 0 Å². The van der Waals surface area contributed by atoms with Crippen LogP contribution in [0.5, 0.6) is 0 Å². The number of carbonyl (C=O) groups is 3. The van der Waals surface area contributed by atoms with Crippen LogP contribution in [-0.2, 0) is 14.4 Å². The van der Waals surface area contributed by atoms with Crippen LogP contribution in [0.15, 0.2) is 42.5 Å². The molecule has 2 fully saturated rings. The van der Waals surface area contributed by atoms with Gasteiger partial charge in [-0.2, -0.15) is 0 Å². The molecule has 7 nitrogen and oxygen atoms in total. The van der Waals surface area contributed by atoms with Gasteiger partial charge >= 0.3 is 0 Å². The van der Waals surface area contributed by atoms with Crippen molar-refractivity contribution in [1.82, 2.24) is 14.7 Å². The average molecular weight is 437 g/mol. The number of piperazine rings is 1. The zero-order chi connectivity index (χ0) is 22.7. The minimum Gasteiger partial charge on any atom is -0.342 e. The molecule has 32 heavy (non-hydrogen) atoms. The first-order valence-corrected chi connectivity index (χ1v) is 11.6. The van der Waals surface area contributed by atoms with Crippen molar-refractivity contribution in [3.8, 4) is 0 Å². The first-order chi connectivity index (χ1) is 15.5. The van der Waals surface area contributed by atoms with Crippen molar-refractivity contribution in [2.45, 2.75) is 20.3 Å². The maximum atomic E-state index is 13.2. The molecule has 0 saturated carbocycles. The highest BCUT2D eigenvalue weighted by Gasteiger charge is 2.38. The van der Waals surface area contributed by atoms with E-state index in [2.05, 4.69) is 4.90 Å². The van der Waals surface area contributed by atoms with Crippen molar-refractivity contribution < 1.29 is 14.4 Å². The molecular formula is C25H32N4O3. The lowest BCUT2D eigenvalue weighted by Gasteiger charge is -2.36. The van der Waals surface area contributed by atoms with E-state index in [-0.39, 0.29) is 30.1 Å². The second-order valence-electron chi connectivity index (χ2n) is 8.57. The van der Waals surface area contributed by atoms with E-state index in [0.717, 1.165) is 29.5 Å². The number of hydrogen-bond acceptors (Lipinski definition) is 4. The predicted octanol–water partition coefficient (Wildman–Crippen LogP) is 2.21. The summed E-state index contributed by atoms with van der Waals surface area (Å²) in [6.45, 7) is 8.82. The number of likely N-dealkylation sites (N-methyl/N-ethyl adjacent to an activating group) is 1. The van der Waals surface area contributed by atoms with Crippen LogP contribution in [0.1, 0.15) is 20.3 Å². The summed E-state index contributed by atoms with van der Waals surface area (Å²) < 4.78 is 0. The van der Waals surface area contributed by atoms with Gasteiger partial charge in [-0.15, -0.1) is 0 Å². The molecule has 0 N–H and O–H groups in total. The Labute approximate surface area is 189 Å². The standard InChI is InChI=1S/C25H32N4O3/c1-3-27(4-2)24(31)18-26-12-14-28(15-13-26)25(32)20-16-23(30)29(17-20)22-11-7-9-19-8-5-6-10-21(19)22/h5-11,20H,3-4,12-18H2,1-2H3. The van der Waals surface area contributed by atoms with Gasteiger partial charge in [-0.25, -0.2) is 0 Å². The van der Waals surface area contributed by atoms with Crippen molar-refractivity contribution in [1.29, 1.82) is 0 Å². The maximum Gasteiger partial charge on any atom is 0.236 e. The Kier molecular flexibility index (Phi) is 6.74. The van der Waals surface area contributed by atoms with Gasteiger partial charge in [0.2, 0.25) is 17.7 Å². The zero-order valence-corrected chi connectivity index (χ0v) is 19.0. The van der Waals surface area contributed by atoms with Crippen molar-refractivity contribution in [2.24, 2.45) is 5.92 Å². The number of benzene rings is 2. The van der Waals surface area contributed by atoms with E-state index < -0.39 is 0 Å². The van der Waals surface area contributed by atoms with Crippen molar-refractivity contribution in [3.63, 3.8) is 0 Å². The third-order valence-corrected chi connectivity index (χ3v) is 6.69. The highest BCUT2D eigenvalue weighted by Crippen LogP contribution is 2.32. The summed E-state index contributed by atoms with van der Waals surface area (Å²) in [4.78, 5) is 45.9. The SMILES string of the molecule is CCN(CC)C(=O)CN1CCN(C(=O)C2CC(=O)N(c3cccc4ccccc34)C2)CC1. The molecule has 170 valence electrons. The Morgan fingerprint density at radius 2 is 1.66 bits per heavy atom. The molecule has 0 radical (unpaired) electrons. The molecule has 2 aromatic rings. The van der Waals surface area contributed by atoms with Crippen LogP contribution in [0.2, 0.25) is 0 Å². The van der Waals surface area contributed by atoms with Crippen molar-refractivity contribution in [3.05, 3.63) is 42.5 Å². The van der Waals surface area contributed by atoms with E-state index in [9.17, 15) is 14.4 Å². The molecule has 3 amide bonds. The highest BCUT2D eigenvalue weighted by molar-refractivity contribution is 6.07. The van der Waals surface area contributed by atoms with Crippen LogP contribution in [0, 0.1) is 5.92 Å². The minimum absolute atomic E-state index is 0.00292. The Morgan fingerprint density at radius 3 is 2.38 bits per heavy atom. The lowest BCUT2D eigenvalue weighted by Crippen LogP contribution is -2.52. The van der Waals surface area contributed by atoms with E-state index in [0.29, 0.717) is 39.3 Å². The fourth-order valence-corrected chi connectivity index (χ4v) is 4.80. The summed E-state index contributed by atoms with van der Waals surface area (Å²) >= 11 is 0. The number of carbonyl (C=O) groups excluding carboxylic acids is 3. The molecule has 2 aliphatic rings. The van der Waals surface area contributed by atoms with Crippen molar-refractivity contribution in [2.75, 3.05) is 57.3 Å². The second-order valence-corrected chi connectivity index (χ2v) is 8.57. The molecule has 1 unspecified atom stereocenters. The molecule has 0 aromatic heterocycles. The van der Waals surface area contributed by atoms with Crippen LogP contribution in [0.4, 0.5) is 5.69 Å². The molecule has 2 saturated heterocycles. The Hall–Kier alpha value is -2.93. The monoisotopic (exact) mass is 436 g/mol. The van der Waals surface area contributed by atoms with E-state index >= 15 is 0 Å². The average Bonchev–Trinajstić information content (AvgIpc) is 3.21. The quantitative estimate of drug-likeness (QED) is 0.697. The largest absolute Gasteiger partial charge is 0.342 e. The molecule has 0 spiro atoms. The first kappa shape index (κ1) is 22.3. The summed E-state index contributed by atoms with van der Waals surface area (Å²) in [5.74, 6) is -0.119. The van der Waals surface area contributed by atoms with Crippen LogP contribution >= 0.6 is 0 Å². The summed E-state index contributed by atoms with van der Waals surface area (Å²) in [5, 5.41) is 2.12. The van der Waals surface area contributed by atoms with Gasteiger partial charge in [0.1, 0.15) is 0 Å². The molecule has 2 aromatic carbocycles. The van der Waals surface area contributed by atoms with E-state index in [1.807, 2.05) is 66.1 Å². The molecular weight excluding hydrogens is 404 g/mol. The van der Waals surface area contributed by atoms with Crippen molar-refractivity contribution >= 4 is 34.2 Å². The smallest absolute Gasteiger partial charge is 0.236 e. The van der Waals surface area contributed by atoms with E-state index in [1.165, 1.54) is 0 Å². The van der Waals surface area contributed by atoms with Crippen LogP contribution in [0.3, 0.4) is 0 Å². The summed E-state index contributed by atoms with van der Waals surface area (Å²) in [6, 6.07) is 14.0. The third-order valence-electron chi connectivity index (χ3n) is 6.69. The van der Waals surface area contributed by atoms with E-state index in [1.54, 1.807) is 4.90 Å². The van der Waals surface area contributed by atoms with Gasteiger partial charge in [0.25, 0.3) is 0 Å². The van der Waals surface area contributed by atoms with Gasteiger partial charge in [0.05, 0.1) is 18.2 Å². The third kappa shape index (κ3) is 4.48. The number of rotatable bonds is 6. The lowest BCUT2D eigenvalue weighted by molar-refractivity contribution is -0.138. The van der Waals surface area contributed by atoms with Crippen LogP contribution in [-0.4, -0.2) is 84.8 Å². The number of amides is 3. The number of fused-ring (bicyclic) bond motifs is 1. The van der Waals surface area contributed by atoms with E-state index in [4.69, 9.17) is 0 Å². The molecule has 2 heterocycles. The van der Waals surface area contributed by atoms with Gasteiger partial charge in [-0.05, 0) is 25.3 Å². The first-order valence-electron chi connectivity index (χ1n) is 11.6. The predicted molar refractivity (Wildman–Crippen MR) is 125 cm³/mol. The Balaban J connectivity index is 1.36. The summed E-state index contributed by atoms with van der Waals surface area (Å²) in [7, 11) is 0. The second kappa shape index (κ2) is 9.69. The fourth-order valence-electron chi connectivity index (χ4n) is 4.80. The molecule has 0 bridgehead atoms. The van der Waals surface area contributed by atoms with Gasteiger partial charge in [-0.1, -0.05) is 36.4 Å². The number of hydrogen-bond donors (Lipinski definition) is 0.